The molecule has 1 atom stereocenters. The largest absolute Gasteiger partial charge is 0.313 e. The first kappa shape index (κ1) is 12.6. The first-order valence-corrected chi connectivity index (χ1v) is 6.21. The van der Waals surface area contributed by atoms with Crippen LogP contribution in [-0.2, 0) is 13.0 Å². The lowest BCUT2D eigenvalue weighted by Gasteiger charge is -2.26. The normalized spacial score (nSPS) is 14.2. The molecule has 1 rings (SSSR count). The molecule has 4 heteroatoms. The van der Waals surface area contributed by atoms with Gasteiger partial charge in [0, 0.05) is 13.0 Å². The highest BCUT2D eigenvalue weighted by Crippen LogP contribution is 2.29. The van der Waals surface area contributed by atoms with Gasteiger partial charge in [0.15, 0.2) is 0 Å². The van der Waals surface area contributed by atoms with Gasteiger partial charge in [0.1, 0.15) is 10.0 Å². The molecule has 1 aromatic rings. The smallest absolute Gasteiger partial charge is 0.131 e. The van der Waals surface area contributed by atoms with E-state index in [-0.39, 0.29) is 0 Å². The summed E-state index contributed by atoms with van der Waals surface area (Å²) in [5.74, 6) is 0.632. The second kappa shape index (κ2) is 5.03. The van der Waals surface area contributed by atoms with E-state index in [0.29, 0.717) is 11.3 Å². The lowest BCUT2D eigenvalue weighted by molar-refractivity contribution is 0.259. The molecule has 0 radical (unpaired) electrons. The van der Waals surface area contributed by atoms with Crippen molar-refractivity contribution < 1.29 is 0 Å². The van der Waals surface area contributed by atoms with Crippen molar-refractivity contribution in [3.05, 3.63) is 10.0 Å². The molecule has 86 valence electrons. The number of nitrogens with zero attached hydrogens (tertiary/aromatic N) is 2. The molecule has 0 spiro atoms. The fourth-order valence-corrected chi connectivity index (χ4v) is 2.15. The van der Waals surface area contributed by atoms with Crippen molar-refractivity contribution in [2.45, 2.75) is 40.7 Å². The number of rotatable bonds is 4. The molecule has 0 saturated carbocycles. The Labute approximate surface area is 96.3 Å². The zero-order valence-electron chi connectivity index (χ0n) is 10.3. The standard InChI is InChI=1S/C11H21N3S/c1-8(11(2,3)4)6-9-13-14-10(15-9)7-12-5/h8,12H,6-7H2,1-5H3. The lowest BCUT2D eigenvalue weighted by atomic mass is 9.80. The van der Waals surface area contributed by atoms with Gasteiger partial charge < -0.3 is 5.32 Å². The fourth-order valence-electron chi connectivity index (χ4n) is 1.16. The van der Waals surface area contributed by atoms with Gasteiger partial charge in [-0.1, -0.05) is 27.7 Å². The van der Waals surface area contributed by atoms with Crippen LogP contribution in [-0.4, -0.2) is 17.2 Å². The van der Waals surface area contributed by atoms with Crippen molar-refractivity contribution in [3.63, 3.8) is 0 Å². The summed E-state index contributed by atoms with van der Waals surface area (Å²) in [6.07, 6.45) is 1.03. The minimum absolute atomic E-state index is 0.342. The molecule has 0 amide bonds. The van der Waals surface area contributed by atoms with Crippen LogP contribution in [0.2, 0.25) is 0 Å². The van der Waals surface area contributed by atoms with Crippen LogP contribution in [0.5, 0.6) is 0 Å². The third kappa shape index (κ3) is 3.87. The number of aromatic nitrogens is 2. The maximum atomic E-state index is 4.22. The summed E-state index contributed by atoms with van der Waals surface area (Å²) >= 11 is 1.72. The highest BCUT2D eigenvalue weighted by molar-refractivity contribution is 7.11. The van der Waals surface area contributed by atoms with Gasteiger partial charge in [-0.05, 0) is 18.4 Å². The molecule has 0 bridgehead atoms. The lowest BCUT2D eigenvalue weighted by Crippen LogP contribution is -2.19. The third-order valence-electron chi connectivity index (χ3n) is 2.80. The molecule has 1 N–H and O–H groups in total. The van der Waals surface area contributed by atoms with Gasteiger partial charge in [0.2, 0.25) is 0 Å². The topological polar surface area (TPSA) is 37.8 Å². The van der Waals surface area contributed by atoms with Crippen LogP contribution in [0.3, 0.4) is 0 Å². The summed E-state index contributed by atoms with van der Waals surface area (Å²) in [5.41, 5.74) is 0.342. The molecule has 1 aromatic heterocycles. The predicted octanol–water partition coefficient (Wildman–Crippen LogP) is 2.48. The molecule has 15 heavy (non-hydrogen) atoms. The van der Waals surface area contributed by atoms with E-state index in [1.54, 1.807) is 11.3 Å². The molecule has 0 fully saturated rings. The van der Waals surface area contributed by atoms with Crippen LogP contribution < -0.4 is 5.32 Å². The van der Waals surface area contributed by atoms with E-state index in [0.717, 1.165) is 23.0 Å². The Hall–Kier alpha value is -0.480. The Morgan fingerprint density at radius 1 is 1.27 bits per heavy atom. The Balaban J connectivity index is 2.57. The molecule has 1 heterocycles. The van der Waals surface area contributed by atoms with Gasteiger partial charge in [-0.15, -0.1) is 21.5 Å². The van der Waals surface area contributed by atoms with Crippen molar-refractivity contribution >= 4 is 11.3 Å². The van der Waals surface area contributed by atoms with Gasteiger partial charge >= 0.3 is 0 Å². The predicted molar refractivity (Wildman–Crippen MR) is 65.0 cm³/mol. The Bertz CT molecular complexity index is 301. The van der Waals surface area contributed by atoms with Gasteiger partial charge in [0.05, 0.1) is 0 Å². The number of hydrogen-bond donors (Lipinski definition) is 1. The monoisotopic (exact) mass is 227 g/mol. The maximum Gasteiger partial charge on any atom is 0.131 e. The number of hydrogen-bond acceptors (Lipinski definition) is 4. The van der Waals surface area contributed by atoms with Crippen molar-refractivity contribution in [2.24, 2.45) is 11.3 Å². The van der Waals surface area contributed by atoms with Crippen molar-refractivity contribution in [2.75, 3.05) is 7.05 Å². The second-order valence-corrected chi connectivity index (χ2v) is 6.24. The molecular weight excluding hydrogens is 206 g/mol. The van der Waals surface area contributed by atoms with Crippen molar-refractivity contribution in [3.8, 4) is 0 Å². The third-order valence-corrected chi connectivity index (χ3v) is 3.74. The quantitative estimate of drug-likeness (QED) is 0.858. The molecule has 0 aliphatic heterocycles. The first-order chi connectivity index (χ1) is 6.93. The minimum Gasteiger partial charge on any atom is -0.313 e. The summed E-state index contributed by atoms with van der Waals surface area (Å²) in [6, 6.07) is 0. The second-order valence-electron chi connectivity index (χ2n) is 5.09. The fraction of sp³-hybridized carbons (Fsp3) is 0.818. The Kier molecular flexibility index (Phi) is 4.22. The molecule has 0 aromatic carbocycles. The average Bonchev–Trinajstić information content (AvgIpc) is 2.51. The SMILES string of the molecule is CNCc1nnc(CC(C)C(C)(C)C)s1. The summed E-state index contributed by atoms with van der Waals surface area (Å²) in [4.78, 5) is 0. The van der Waals surface area contributed by atoms with Gasteiger partial charge in [0.25, 0.3) is 0 Å². The summed E-state index contributed by atoms with van der Waals surface area (Å²) in [7, 11) is 1.93. The highest BCUT2D eigenvalue weighted by atomic mass is 32.1. The summed E-state index contributed by atoms with van der Waals surface area (Å²) < 4.78 is 0. The van der Waals surface area contributed by atoms with Gasteiger partial charge in [-0.3, -0.25) is 0 Å². The summed E-state index contributed by atoms with van der Waals surface area (Å²) in [6.45, 7) is 9.91. The van der Waals surface area contributed by atoms with E-state index in [4.69, 9.17) is 0 Å². The zero-order chi connectivity index (χ0) is 11.5. The van der Waals surface area contributed by atoms with Gasteiger partial charge in [-0.25, -0.2) is 0 Å². The molecular formula is C11H21N3S. The van der Waals surface area contributed by atoms with E-state index < -0.39 is 0 Å². The van der Waals surface area contributed by atoms with Crippen LogP contribution in [0.1, 0.15) is 37.7 Å². The average molecular weight is 227 g/mol. The van der Waals surface area contributed by atoms with E-state index in [9.17, 15) is 0 Å². The van der Waals surface area contributed by atoms with Crippen molar-refractivity contribution in [1.29, 1.82) is 0 Å². The molecule has 1 unspecified atom stereocenters. The number of nitrogens with one attached hydrogen (secondary N) is 1. The van der Waals surface area contributed by atoms with Crippen LogP contribution in [0.25, 0.3) is 0 Å². The van der Waals surface area contributed by atoms with Crippen LogP contribution >= 0.6 is 11.3 Å². The Morgan fingerprint density at radius 2 is 1.87 bits per heavy atom. The molecule has 0 saturated heterocycles. The zero-order valence-corrected chi connectivity index (χ0v) is 11.1. The van der Waals surface area contributed by atoms with Gasteiger partial charge in [-0.2, -0.15) is 0 Å². The van der Waals surface area contributed by atoms with Crippen LogP contribution in [0.15, 0.2) is 0 Å². The van der Waals surface area contributed by atoms with E-state index in [1.165, 1.54) is 0 Å². The van der Waals surface area contributed by atoms with E-state index in [2.05, 4.69) is 43.2 Å². The highest BCUT2D eigenvalue weighted by Gasteiger charge is 2.21. The molecule has 0 aliphatic carbocycles. The minimum atomic E-state index is 0.342. The van der Waals surface area contributed by atoms with Crippen LogP contribution in [0.4, 0.5) is 0 Å². The van der Waals surface area contributed by atoms with E-state index >= 15 is 0 Å². The van der Waals surface area contributed by atoms with Crippen molar-refractivity contribution in [1.82, 2.24) is 15.5 Å². The maximum absolute atomic E-state index is 4.22. The molecule has 3 nitrogen and oxygen atoms in total. The van der Waals surface area contributed by atoms with E-state index in [1.807, 2.05) is 7.05 Å². The van der Waals surface area contributed by atoms with Crippen LogP contribution in [0, 0.1) is 11.3 Å². The Morgan fingerprint density at radius 3 is 2.40 bits per heavy atom. The summed E-state index contributed by atoms with van der Waals surface area (Å²) in [5, 5.41) is 13.7. The first-order valence-electron chi connectivity index (χ1n) is 5.39. The molecule has 0 aliphatic rings.